The van der Waals surface area contributed by atoms with Gasteiger partial charge in [-0.05, 0) is 19.4 Å². The largest absolute Gasteiger partial charge is 0.314 e. The predicted octanol–water partition coefficient (Wildman–Crippen LogP) is 0.388. The number of aromatic amines is 2. The first-order valence-electron chi connectivity index (χ1n) is 4.84. The molecule has 2 heterocycles. The Kier molecular flexibility index (Phi) is 2.49. The Labute approximate surface area is 76.7 Å². The average molecular weight is 181 g/mol. The summed E-state index contributed by atoms with van der Waals surface area (Å²) in [7, 11) is 0. The van der Waals surface area contributed by atoms with Gasteiger partial charge in [-0.15, -0.1) is 0 Å². The monoisotopic (exact) mass is 181 g/mol. The highest BCUT2D eigenvalue weighted by atomic mass is 16.1. The van der Waals surface area contributed by atoms with E-state index in [-0.39, 0.29) is 5.56 Å². The van der Waals surface area contributed by atoms with E-state index in [1.54, 1.807) is 6.07 Å². The Morgan fingerprint density at radius 2 is 2.31 bits per heavy atom. The summed E-state index contributed by atoms with van der Waals surface area (Å²) >= 11 is 0. The fraction of sp³-hybridized carbons (Fsp3) is 0.667. The number of H-pyrrole nitrogens is 2. The molecule has 0 spiro atoms. The van der Waals surface area contributed by atoms with Crippen LogP contribution in [0.4, 0.5) is 0 Å². The van der Waals surface area contributed by atoms with Crippen molar-refractivity contribution in [3.8, 4) is 0 Å². The van der Waals surface area contributed by atoms with Crippen LogP contribution in [0.5, 0.6) is 0 Å². The molecule has 4 heteroatoms. The summed E-state index contributed by atoms with van der Waals surface area (Å²) in [6, 6.07) is 2.18. The molecule has 1 unspecified atom stereocenters. The molecule has 0 amide bonds. The minimum atomic E-state index is -0.0363. The summed E-state index contributed by atoms with van der Waals surface area (Å²) in [5.74, 6) is 0. The van der Waals surface area contributed by atoms with Gasteiger partial charge in [-0.25, -0.2) is 0 Å². The van der Waals surface area contributed by atoms with Crippen LogP contribution in [0.2, 0.25) is 0 Å². The molecule has 0 saturated carbocycles. The van der Waals surface area contributed by atoms with Crippen molar-refractivity contribution in [1.82, 2.24) is 15.5 Å². The van der Waals surface area contributed by atoms with Crippen LogP contribution in [-0.4, -0.2) is 22.8 Å². The lowest BCUT2D eigenvalue weighted by Crippen LogP contribution is -2.35. The van der Waals surface area contributed by atoms with Crippen LogP contribution in [0.1, 0.15) is 25.0 Å². The van der Waals surface area contributed by atoms with Crippen molar-refractivity contribution in [1.29, 1.82) is 0 Å². The van der Waals surface area contributed by atoms with Crippen molar-refractivity contribution in [3.05, 3.63) is 22.1 Å². The molecule has 13 heavy (non-hydrogen) atoms. The molecule has 1 aliphatic heterocycles. The highest BCUT2D eigenvalue weighted by Gasteiger charge is 2.13. The van der Waals surface area contributed by atoms with Gasteiger partial charge in [-0.2, -0.15) is 0 Å². The molecular formula is C9H15N3O. The maximum Gasteiger partial charge on any atom is 0.264 e. The molecule has 0 radical (unpaired) electrons. The molecule has 1 aromatic heterocycles. The quantitative estimate of drug-likeness (QED) is 0.618. The minimum absolute atomic E-state index is 0.0363. The third kappa shape index (κ3) is 2.21. The molecule has 1 aliphatic rings. The lowest BCUT2D eigenvalue weighted by Gasteiger charge is -2.22. The van der Waals surface area contributed by atoms with Crippen molar-refractivity contribution in [2.75, 3.05) is 6.54 Å². The standard InChI is InChI=1S/C9H15N3O/c13-9-6-8(11-12-9)5-7-3-1-2-4-10-7/h6-7,10H,1-5H2,(H2,11,12,13). The van der Waals surface area contributed by atoms with Crippen molar-refractivity contribution in [2.24, 2.45) is 0 Å². The number of aromatic nitrogens is 2. The van der Waals surface area contributed by atoms with Gasteiger partial charge >= 0.3 is 0 Å². The van der Waals surface area contributed by atoms with Gasteiger partial charge in [0.1, 0.15) is 0 Å². The molecule has 0 aromatic carbocycles. The second-order valence-electron chi connectivity index (χ2n) is 3.63. The zero-order valence-corrected chi connectivity index (χ0v) is 7.60. The number of piperidine rings is 1. The van der Waals surface area contributed by atoms with Crippen LogP contribution in [0.15, 0.2) is 10.9 Å². The molecule has 1 aromatic rings. The maximum atomic E-state index is 10.8. The number of hydrogen-bond acceptors (Lipinski definition) is 2. The van der Waals surface area contributed by atoms with E-state index in [1.807, 2.05) is 0 Å². The topological polar surface area (TPSA) is 60.7 Å². The van der Waals surface area contributed by atoms with Gasteiger partial charge in [-0.1, -0.05) is 6.42 Å². The summed E-state index contributed by atoms with van der Waals surface area (Å²) in [5.41, 5.74) is 0.968. The number of hydrogen-bond donors (Lipinski definition) is 3. The van der Waals surface area contributed by atoms with E-state index >= 15 is 0 Å². The van der Waals surface area contributed by atoms with Gasteiger partial charge < -0.3 is 10.4 Å². The van der Waals surface area contributed by atoms with Crippen LogP contribution >= 0.6 is 0 Å². The first kappa shape index (κ1) is 8.56. The SMILES string of the molecule is O=c1cc(CC2CCCCN2)[nH][nH]1. The van der Waals surface area contributed by atoms with E-state index < -0.39 is 0 Å². The van der Waals surface area contributed by atoms with Crippen LogP contribution < -0.4 is 10.9 Å². The molecule has 0 bridgehead atoms. The van der Waals surface area contributed by atoms with Gasteiger partial charge in [-0.3, -0.25) is 9.89 Å². The third-order valence-corrected chi connectivity index (χ3v) is 2.53. The summed E-state index contributed by atoms with van der Waals surface area (Å²) in [5, 5.41) is 8.87. The van der Waals surface area contributed by atoms with E-state index in [0.29, 0.717) is 6.04 Å². The highest BCUT2D eigenvalue weighted by molar-refractivity contribution is 5.01. The second kappa shape index (κ2) is 3.79. The molecule has 1 fully saturated rings. The molecule has 1 atom stereocenters. The Morgan fingerprint density at radius 3 is 2.92 bits per heavy atom. The second-order valence-corrected chi connectivity index (χ2v) is 3.63. The molecule has 4 nitrogen and oxygen atoms in total. The molecule has 3 N–H and O–H groups in total. The fourth-order valence-corrected chi connectivity index (χ4v) is 1.85. The van der Waals surface area contributed by atoms with E-state index in [9.17, 15) is 4.79 Å². The zero-order valence-electron chi connectivity index (χ0n) is 7.60. The van der Waals surface area contributed by atoms with Crippen LogP contribution in [0.25, 0.3) is 0 Å². The molecule has 1 saturated heterocycles. The summed E-state index contributed by atoms with van der Waals surface area (Å²) in [4.78, 5) is 10.8. The predicted molar refractivity (Wildman–Crippen MR) is 50.8 cm³/mol. The van der Waals surface area contributed by atoms with E-state index in [0.717, 1.165) is 18.7 Å². The average Bonchev–Trinajstić information content (AvgIpc) is 2.53. The maximum absolute atomic E-state index is 10.8. The summed E-state index contributed by atoms with van der Waals surface area (Å²) in [6.45, 7) is 1.11. The highest BCUT2D eigenvalue weighted by Crippen LogP contribution is 2.10. The lowest BCUT2D eigenvalue weighted by atomic mass is 10.0. The normalized spacial score (nSPS) is 23.2. The summed E-state index contributed by atoms with van der Waals surface area (Å²) < 4.78 is 0. The van der Waals surface area contributed by atoms with E-state index in [2.05, 4.69) is 15.5 Å². The van der Waals surface area contributed by atoms with Crippen molar-refractivity contribution < 1.29 is 0 Å². The van der Waals surface area contributed by atoms with Gasteiger partial charge in [0.15, 0.2) is 0 Å². The van der Waals surface area contributed by atoms with Crippen LogP contribution in [0, 0.1) is 0 Å². The van der Waals surface area contributed by atoms with Gasteiger partial charge in [0.05, 0.1) is 0 Å². The fourth-order valence-electron chi connectivity index (χ4n) is 1.85. The van der Waals surface area contributed by atoms with E-state index in [4.69, 9.17) is 0 Å². The molecule has 2 rings (SSSR count). The van der Waals surface area contributed by atoms with Crippen molar-refractivity contribution >= 4 is 0 Å². The Bertz CT molecular complexity index is 309. The lowest BCUT2D eigenvalue weighted by molar-refractivity contribution is 0.397. The smallest absolute Gasteiger partial charge is 0.264 e. The Morgan fingerprint density at radius 1 is 1.38 bits per heavy atom. The van der Waals surface area contributed by atoms with Crippen LogP contribution in [0.3, 0.4) is 0 Å². The van der Waals surface area contributed by atoms with E-state index in [1.165, 1.54) is 19.3 Å². The summed E-state index contributed by atoms with van der Waals surface area (Å²) in [6.07, 6.45) is 4.72. The zero-order chi connectivity index (χ0) is 9.10. The minimum Gasteiger partial charge on any atom is -0.314 e. The molecule has 72 valence electrons. The first-order valence-corrected chi connectivity index (χ1v) is 4.84. The van der Waals surface area contributed by atoms with Crippen LogP contribution in [-0.2, 0) is 6.42 Å². The number of nitrogens with one attached hydrogen (secondary N) is 3. The van der Waals surface area contributed by atoms with Crippen molar-refractivity contribution in [3.63, 3.8) is 0 Å². The van der Waals surface area contributed by atoms with Gasteiger partial charge in [0, 0.05) is 24.2 Å². The van der Waals surface area contributed by atoms with Crippen molar-refractivity contribution in [2.45, 2.75) is 31.7 Å². The van der Waals surface area contributed by atoms with Gasteiger partial charge in [0.2, 0.25) is 0 Å². The Balaban J connectivity index is 1.93. The molecular weight excluding hydrogens is 166 g/mol. The third-order valence-electron chi connectivity index (χ3n) is 2.53. The molecule has 0 aliphatic carbocycles. The van der Waals surface area contributed by atoms with Gasteiger partial charge in [0.25, 0.3) is 5.56 Å². The first-order chi connectivity index (χ1) is 6.34. The Hall–Kier alpha value is -1.03. The number of rotatable bonds is 2.